The normalized spacial score (nSPS) is 11.2. The number of hydrogen-bond donors (Lipinski definition) is 3. The largest absolute Gasteiger partial charge is 0.366 e. The molecule has 4 rings (SSSR count). The van der Waals surface area contributed by atoms with Crippen LogP contribution in [0.25, 0.3) is 16.9 Å². The lowest BCUT2D eigenvalue weighted by Gasteiger charge is -2.11. The van der Waals surface area contributed by atoms with Crippen LogP contribution in [0.5, 0.6) is 0 Å². The Kier molecular flexibility index (Phi) is 6.34. The van der Waals surface area contributed by atoms with Crippen molar-refractivity contribution < 1.29 is 9.94 Å². The molecule has 1 aromatic carbocycles. The second-order valence-corrected chi connectivity index (χ2v) is 8.33. The van der Waals surface area contributed by atoms with Gasteiger partial charge in [-0.15, -0.1) is 0 Å². The number of anilines is 2. The number of likely N-dealkylation sites (N-methyl/N-ethyl adjacent to an activating group) is 1. The van der Waals surface area contributed by atoms with Gasteiger partial charge in [-0.1, -0.05) is 35.1 Å². The molecule has 0 amide bonds. The van der Waals surface area contributed by atoms with E-state index < -0.39 is 0 Å². The number of pyridine rings is 1. The van der Waals surface area contributed by atoms with Gasteiger partial charge in [0, 0.05) is 36.3 Å². The Bertz CT molecular complexity index is 1180. The van der Waals surface area contributed by atoms with Crippen LogP contribution in [0.3, 0.4) is 0 Å². The number of hydrogen-bond acceptors (Lipinski definition) is 6. The molecule has 0 fully saturated rings. The third-order valence-electron chi connectivity index (χ3n) is 4.83. The molecule has 3 N–H and O–H groups in total. The lowest BCUT2D eigenvalue weighted by atomic mass is 10.1. The standard InChI is InChI=1S/C22H24BrN7O/c1-28(2)11-10-24-20-9-8-16(15-29(20)31)13-25-21-12-19(17-6-4-3-5-7-17)27-22-18(23)14-26-30(21)22/h3-9,12,14-15,31H,10-11,13H2,1-2H3,(H,25,26,27)/p+1. The fourth-order valence-corrected chi connectivity index (χ4v) is 3.54. The summed E-state index contributed by atoms with van der Waals surface area (Å²) < 4.78 is 3.71. The summed E-state index contributed by atoms with van der Waals surface area (Å²) in [6, 6.07) is 15.9. The smallest absolute Gasteiger partial charge is 0.313 e. The minimum Gasteiger partial charge on any atom is -0.366 e. The lowest BCUT2D eigenvalue weighted by Crippen LogP contribution is -2.36. The van der Waals surface area contributed by atoms with E-state index in [0.29, 0.717) is 12.4 Å². The first-order valence-electron chi connectivity index (χ1n) is 9.97. The number of halogens is 1. The number of benzene rings is 1. The molecule has 0 spiro atoms. The van der Waals surface area contributed by atoms with Crippen LogP contribution >= 0.6 is 15.9 Å². The van der Waals surface area contributed by atoms with Crippen molar-refractivity contribution in [3.63, 3.8) is 0 Å². The summed E-state index contributed by atoms with van der Waals surface area (Å²) in [7, 11) is 4.03. The van der Waals surface area contributed by atoms with Gasteiger partial charge in [0.15, 0.2) is 5.65 Å². The van der Waals surface area contributed by atoms with Gasteiger partial charge in [0.25, 0.3) is 0 Å². The average Bonchev–Trinajstić information content (AvgIpc) is 3.14. The van der Waals surface area contributed by atoms with E-state index in [-0.39, 0.29) is 0 Å². The predicted molar refractivity (Wildman–Crippen MR) is 124 cm³/mol. The minimum atomic E-state index is 0.517. The maximum Gasteiger partial charge on any atom is 0.313 e. The molecule has 3 aromatic heterocycles. The van der Waals surface area contributed by atoms with Crippen molar-refractivity contribution >= 4 is 33.2 Å². The summed E-state index contributed by atoms with van der Waals surface area (Å²) in [4.78, 5) is 6.83. The molecule has 0 saturated heterocycles. The first-order chi connectivity index (χ1) is 15.0. The second-order valence-electron chi connectivity index (χ2n) is 7.47. The molecule has 4 aromatic rings. The third kappa shape index (κ3) is 4.95. The SMILES string of the molecule is CN(C)CCNc1ccc(CNc2cc(-c3ccccc3)nc3c(Br)cnn23)c[n+]1O. The van der Waals surface area contributed by atoms with Crippen molar-refractivity contribution in [2.45, 2.75) is 6.54 Å². The zero-order chi connectivity index (χ0) is 21.8. The quantitative estimate of drug-likeness (QED) is 0.264. The highest BCUT2D eigenvalue weighted by Crippen LogP contribution is 2.26. The number of aromatic nitrogens is 4. The van der Waals surface area contributed by atoms with Crippen molar-refractivity contribution in [1.29, 1.82) is 0 Å². The fraction of sp³-hybridized carbons (Fsp3) is 0.227. The highest BCUT2D eigenvalue weighted by Gasteiger charge is 2.13. The van der Waals surface area contributed by atoms with Gasteiger partial charge in [-0.3, -0.25) is 5.32 Å². The van der Waals surface area contributed by atoms with Crippen LogP contribution in [0.4, 0.5) is 11.6 Å². The van der Waals surface area contributed by atoms with E-state index in [9.17, 15) is 5.21 Å². The fourth-order valence-electron chi connectivity index (χ4n) is 3.20. The average molecular weight is 483 g/mol. The van der Waals surface area contributed by atoms with E-state index in [1.807, 2.05) is 62.6 Å². The van der Waals surface area contributed by atoms with Gasteiger partial charge < -0.3 is 15.4 Å². The number of fused-ring (bicyclic) bond motifs is 1. The molecule has 3 heterocycles. The monoisotopic (exact) mass is 482 g/mol. The molecule has 0 saturated carbocycles. The van der Waals surface area contributed by atoms with Crippen molar-refractivity contribution in [3.05, 3.63) is 71.0 Å². The molecular formula is C22H25BrN7O+. The molecule has 8 nitrogen and oxygen atoms in total. The van der Waals surface area contributed by atoms with Gasteiger partial charge in [0.2, 0.25) is 0 Å². The molecule has 0 unspecified atom stereocenters. The van der Waals surface area contributed by atoms with Crippen molar-refractivity contribution in [3.8, 4) is 11.3 Å². The van der Waals surface area contributed by atoms with Gasteiger partial charge in [0.05, 0.1) is 22.9 Å². The Hall–Kier alpha value is -3.17. The molecule has 0 bridgehead atoms. The van der Waals surface area contributed by atoms with E-state index in [0.717, 1.165) is 50.6 Å². The Morgan fingerprint density at radius 2 is 1.94 bits per heavy atom. The predicted octanol–water partition coefficient (Wildman–Crippen LogP) is 3.27. The van der Waals surface area contributed by atoms with Gasteiger partial charge in [-0.2, -0.15) is 9.61 Å². The Balaban J connectivity index is 1.54. The summed E-state index contributed by atoms with van der Waals surface area (Å²) in [5.41, 5.74) is 3.55. The highest BCUT2D eigenvalue weighted by atomic mass is 79.9. The van der Waals surface area contributed by atoms with Crippen LogP contribution in [0.15, 0.2) is 65.4 Å². The third-order valence-corrected chi connectivity index (χ3v) is 5.39. The molecule has 31 heavy (non-hydrogen) atoms. The summed E-state index contributed by atoms with van der Waals surface area (Å²) >= 11 is 3.53. The summed E-state index contributed by atoms with van der Waals surface area (Å²) in [5.74, 6) is 1.46. The van der Waals surface area contributed by atoms with Gasteiger partial charge in [-0.25, -0.2) is 4.98 Å². The van der Waals surface area contributed by atoms with E-state index >= 15 is 0 Å². The van der Waals surface area contributed by atoms with Crippen LogP contribution < -0.4 is 15.4 Å². The van der Waals surface area contributed by atoms with Crippen LogP contribution in [-0.4, -0.2) is 51.9 Å². The maximum absolute atomic E-state index is 10.3. The van der Waals surface area contributed by atoms with E-state index in [1.165, 1.54) is 0 Å². The number of nitrogens with zero attached hydrogens (tertiary/aromatic N) is 5. The van der Waals surface area contributed by atoms with Crippen molar-refractivity contribution in [2.24, 2.45) is 0 Å². The number of rotatable bonds is 8. The van der Waals surface area contributed by atoms with Crippen LogP contribution in [0, 0.1) is 0 Å². The number of nitrogens with one attached hydrogen (secondary N) is 2. The Morgan fingerprint density at radius 1 is 1.13 bits per heavy atom. The van der Waals surface area contributed by atoms with E-state index in [2.05, 4.69) is 36.6 Å². The summed E-state index contributed by atoms with van der Waals surface area (Å²) in [6.07, 6.45) is 3.43. The van der Waals surface area contributed by atoms with Crippen LogP contribution in [0.1, 0.15) is 5.56 Å². The highest BCUT2D eigenvalue weighted by molar-refractivity contribution is 9.10. The minimum absolute atomic E-state index is 0.517. The second kappa shape index (κ2) is 9.32. The zero-order valence-electron chi connectivity index (χ0n) is 17.5. The van der Waals surface area contributed by atoms with E-state index in [4.69, 9.17) is 4.98 Å². The summed E-state index contributed by atoms with van der Waals surface area (Å²) in [5, 5.41) is 21.4. The topological polar surface area (TPSA) is 81.6 Å². The van der Waals surface area contributed by atoms with Crippen molar-refractivity contribution in [1.82, 2.24) is 19.5 Å². The molecular weight excluding hydrogens is 458 g/mol. The van der Waals surface area contributed by atoms with Crippen LogP contribution in [0.2, 0.25) is 0 Å². The Morgan fingerprint density at radius 3 is 2.68 bits per heavy atom. The molecule has 0 aliphatic heterocycles. The molecule has 160 valence electrons. The molecule has 0 radical (unpaired) electrons. The maximum atomic E-state index is 10.3. The van der Waals surface area contributed by atoms with Gasteiger partial charge in [0.1, 0.15) is 12.0 Å². The zero-order valence-corrected chi connectivity index (χ0v) is 19.0. The van der Waals surface area contributed by atoms with Gasteiger partial charge in [-0.05, 0) is 36.1 Å². The Labute approximate surface area is 189 Å². The first-order valence-corrected chi connectivity index (χ1v) is 10.8. The lowest BCUT2D eigenvalue weighted by molar-refractivity contribution is -0.893. The molecule has 9 heteroatoms. The molecule has 0 atom stereocenters. The van der Waals surface area contributed by atoms with Crippen molar-refractivity contribution in [2.75, 3.05) is 37.8 Å². The van der Waals surface area contributed by atoms with Gasteiger partial charge >= 0.3 is 5.82 Å². The molecule has 0 aliphatic carbocycles. The first kappa shape index (κ1) is 21.1. The van der Waals surface area contributed by atoms with Crippen LogP contribution in [-0.2, 0) is 6.54 Å². The summed E-state index contributed by atoms with van der Waals surface area (Å²) in [6.45, 7) is 2.14. The van der Waals surface area contributed by atoms with E-state index in [1.54, 1.807) is 16.9 Å². The molecule has 0 aliphatic rings.